The van der Waals surface area contributed by atoms with Gasteiger partial charge in [-0.3, -0.25) is 14.4 Å². The fraction of sp³-hybridized carbons (Fsp3) is 0.842. The van der Waals surface area contributed by atoms with Crippen LogP contribution in [0.2, 0.25) is 0 Å². The van der Waals surface area contributed by atoms with Crippen molar-refractivity contribution in [1.82, 2.24) is 0 Å². The standard InChI is InChI=1S/C19H28O6/c1-8-7-11(22)13-14-12(8)19(13,6)16(23)15(24-9(2)20)17(18(14,4)5)25-10(3)21/h8,12-17,23H,7H2,1-6H3/t8-,12-,13?,14-,15-,16+,17+,19-/m0/s1. The van der Waals surface area contributed by atoms with Crippen LogP contribution in [0.15, 0.2) is 0 Å². The van der Waals surface area contributed by atoms with Crippen molar-refractivity contribution in [3.8, 4) is 0 Å². The molecule has 4 aliphatic carbocycles. The first-order valence-electron chi connectivity index (χ1n) is 8.99. The number of carbonyl (C=O) groups excluding carboxylic acids is 3. The molecule has 25 heavy (non-hydrogen) atoms. The molecular weight excluding hydrogens is 324 g/mol. The summed E-state index contributed by atoms with van der Waals surface area (Å²) in [4.78, 5) is 36.2. The van der Waals surface area contributed by atoms with Crippen molar-refractivity contribution in [2.45, 2.75) is 66.3 Å². The van der Waals surface area contributed by atoms with Gasteiger partial charge in [0.1, 0.15) is 18.0 Å². The van der Waals surface area contributed by atoms with E-state index < -0.39 is 41.1 Å². The lowest BCUT2D eigenvalue weighted by atomic mass is 9.35. The molecule has 1 N–H and O–H groups in total. The number of aliphatic hydroxyl groups is 1. The second-order valence-corrected chi connectivity index (χ2v) is 8.91. The monoisotopic (exact) mass is 352 g/mol. The fourth-order valence-electron chi connectivity index (χ4n) is 6.28. The summed E-state index contributed by atoms with van der Waals surface area (Å²) in [6.45, 7) is 10.4. The van der Waals surface area contributed by atoms with Gasteiger partial charge >= 0.3 is 11.9 Å². The average Bonchev–Trinajstić information content (AvgIpc) is 2.52. The third-order valence-corrected chi connectivity index (χ3v) is 7.05. The smallest absolute Gasteiger partial charge is 0.303 e. The van der Waals surface area contributed by atoms with Gasteiger partial charge in [-0.25, -0.2) is 0 Å². The van der Waals surface area contributed by atoms with E-state index in [1.54, 1.807) is 0 Å². The lowest BCUT2D eigenvalue weighted by Crippen LogP contribution is -2.70. The Labute approximate surface area is 148 Å². The van der Waals surface area contributed by atoms with Crippen LogP contribution in [0.1, 0.15) is 48.0 Å². The van der Waals surface area contributed by atoms with Crippen LogP contribution in [-0.4, -0.2) is 41.1 Å². The van der Waals surface area contributed by atoms with Gasteiger partial charge in [0.25, 0.3) is 0 Å². The van der Waals surface area contributed by atoms with E-state index in [0.29, 0.717) is 6.42 Å². The highest BCUT2D eigenvalue weighted by Crippen LogP contribution is 2.72. The van der Waals surface area contributed by atoms with Crippen LogP contribution in [0.5, 0.6) is 0 Å². The van der Waals surface area contributed by atoms with E-state index >= 15 is 0 Å². The molecule has 6 nitrogen and oxygen atoms in total. The van der Waals surface area contributed by atoms with Gasteiger partial charge in [0.05, 0.1) is 0 Å². The highest BCUT2D eigenvalue weighted by molar-refractivity contribution is 5.86. The van der Waals surface area contributed by atoms with Crippen molar-refractivity contribution in [3.63, 3.8) is 0 Å². The normalized spacial score (nSPS) is 47.3. The Morgan fingerprint density at radius 1 is 1.08 bits per heavy atom. The third-order valence-electron chi connectivity index (χ3n) is 7.05. The van der Waals surface area contributed by atoms with E-state index in [1.165, 1.54) is 13.8 Å². The molecule has 4 fully saturated rings. The van der Waals surface area contributed by atoms with Crippen LogP contribution in [0.3, 0.4) is 0 Å². The molecule has 0 aliphatic heterocycles. The number of hydrogen-bond donors (Lipinski definition) is 1. The Balaban J connectivity index is 2.14. The number of carbonyl (C=O) groups is 3. The van der Waals surface area contributed by atoms with Crippen LogP contribution in [0, 0.1) is 34.5 Å². The molecule has 4 saturated carbocycles. The van der Waals surface area contributed by atoms with Gasteiger partial charge < -0.3 is 14.6 Å². The van der Waals surface area contributed by atoms with Crippen molar-refractivity contribution in [1.29, 1.82) is 0 Å². The average molecular weight is 352 g/mol. The molecule has 0 heterocycles. The molecule has 4 aliphatic rings. The van der Waals surface area contributed by atoms with Crippen molar-refractivity contribution in [3.05, 3.63) is 0 Å². The molecule has 0 radical (unpaired) electrons. The van der Waals surface area contributed by atoms with E-state index in [1.807, 2.05) is 27.7 Å². The zero-order valence-electron chi connectivity index (χ0n) is 15.7. The van der Waals surface area contributed by atoms with Crippen molar-refractivity contribution >= 4 is 17.7 Å². The van der Waals surface area contributed by atoms with Gasteiger partial charge in [0, 0.05) is 37.0 Å². The lowest BCUT2D eigenvalue weighted by Gasteiger charge is -2.68. The van der Waals surface area contributed by atoms with Crippen LogP contribution in [-0.2, 0) is 23.9 Å². The van der Waals surface area contributed by atoms with Crippen molar-refractivity contribution in [2.75, 3.05) is 0 Å². The molecule has 6 heteroatoms. The predicted octanol–water partition coefficient (Wildman–Crippen LogP) is 1.73. The minimum Gasteiger partial charge on any atom is -0.458 e. The summed E-state index contributed by atoms with van der Waals surface area (Å²) in [5.41, 5.74) is -1.26. The number of ether oxygens (including phenoxy) is 2. The second-order valence-electron chi connectivity index (χ2n) is 8.91. The maximum Gasteiger partial charge on any atom is 0.303 e. The molecule has 1 unspecified atom stereocenters. The number of fused-ring (bicyclic) bond motifs is 3. The zero-order chi connectivity index (χ0) is 18.9. The van der Waals surface area contributed by atoms with Gasteiger partial charge in [0.15, 0.2) is 6.10 Å². The van der Waals surface area contributed by atoms with Crippen LogP contribution < -0.4 is 0 Å². The van der Waals surface area contributed by atoms with Crippen molar-refractivity contribution in [2.24, 2.45) is 34.5 Å². The fourth-order valence-corrected chi connectivity index (χ4v) is 6.28. The van der Waals surface area contributed by atoms with Crippen LogP contribution in [0.4, 0.5) is 0 Å². The topological polar surface area (TPSA) is 89.9 Å². The Morgan fingerprint density at radius 3 is 2.12 bits per heavy atom. The quantitative estimate of drug-likeness (QED) is 0.761. The maximum absolute atomic E-state index is 12.8. The first-order valence-corrected chi connectivity index (χ1v) is 8.99. The van der Waals surface area contributed by atoms with Gasteiger partial charge in [0.2, 0.25) is 0 Å². The minimum atomic E-state index is -1.06. The van der Waals surface area contributed by atoms with E-state index in [2.05, 4.69) is 0 Å². The highest BCUT2D eigenvalue weighted by atomic mass is 16.6. The predicted molar refractivity (Wildman–Crippen MR) is 88.3 cm³/mol. The zero-order valence-corrected chi connectivity index (χ0v) is 15.7. The minimum absolute atomic E-state index is 0.00620. The molecular formula is C19H28O6. The number of Topliss-reactive ketones (excluding diaryl/α,β-unsaturated/α-hetero) is 1. The summed E-state index contributed by atoms with van der Waals surface area (Å²) in [6, 6.07) is 0. The maximum atomic E-state index is 12.8. The van der Waals surface area contributed by atoms with E-state index in [9.17, 15) is 19.5 Å². The molecule has 4 rings (SSSR count). The molecule has 8 atom stereocenters. The summed E-state index contributed by atoms with van der Waals surface area (Å²) >= 11 is 0. The summed E-state index contributed by atoms with van der Waals surface area (Å²) in [5.74, 6) is -0.917. The first kappa shape index (κ1) is 18.4. The highest BCUT2D eigenvalue weighted by Gasteiger charge is 2.77. The molecule has 140 valence electrons. The molecule has 0 spiro atoms. The number of hydrogen-bond acceptors (Lipinski definition) is 6. The van der Waals surface area contributed by atoms with Gasteiger partial charge in [-0.15, -0.1) is 0 Å². The lowest BCUT2D eigenvalue weighted by molar-refractivity contribution is -0.236. The molecule has 0 aromatic rings. The largest absolute Gasteiger partial charge is 0.458 e. The van der Waals surface area contributed by atoms with Gasteiger partial charge in [-0.05, 0) is 17.8 Å². The Hall–Kier alpha value is -1.43. The number of aliphatic hydroxyl groups excluding tert-OH is 1. The van der Waals surface area contributed by atoms with Crippen LogP contribution in [0.25, 0.3) is 0 Å². The third kappa shape index (κ3) is 2.29. The molecule has 0 amide bonds. The summed E-state index contributed by atoms with van der Waals surface area (Å²) in [5, 5.41) is 11.2. The Kier molecular flexibility index (Phi) is 4.06. The van der Waals surface area contributed by atoms with Crippen LogP contribution >= 0.6 is 0 Å². The summed E-state index contributed by atoms with van der Waals surface area (Å²) in [7, 11) is 0. The van der Waals surface area contributed by atoms with Crippen molar-refractivity contribution < 1.29 is 29.0 Å². The molecule has 0 saturated heterocycles. The molecule has 4 bridgehead atoms. The number of esters is 2. The molecule has 0 aromatic carbocycles. The summed E-state index contributed by atoms with van der Waals surface area (Å²) < 4.78 is 11.0. The van der Waals surface area contributed by atoms with Gasteiger partial charge in [-0.2, -0.15) is 0 Å². The van der Waals surface area contributed by atoms with E-state index in [4.69, 9.17) is 9.47 Å². The van der Waals surface area contributed by atoms with E-state index in [0.717, 1.165) is 0 Å². The van der Waals surface area contributed by atoms with E-state index in [-0.39, 0.29) is 29.5 Å². The Morgan fingerprint density at radius 2 is 1.64 bits per heavy atom. The SMILES string of the molecule is CC(=O)O[C@@H]1[C@@H](OC(C)=O)C(C)(C)[C@@H]2C3C(=O)C[C@H](C)[C@@H]2[C@]3(C)[C@@H]1O. The molecule has 0 aromatic heterocycles. The number of ketones is 1. The summed E-state index contributed by atoms with van der Waals surface area (Å²) in [6.07, 6.45) is -2.31. The number of rotatable bonds is 2. The Bertz CT molecular complexity index is 625. The first-order chi connectivity index (χ1) is 11.4. The second kappa shape index (κ2) is 5.53. The van der Waals surface area contributed by atoms with Gasteiger partial charge in [-0.1, -0.05) is 27.7 Å².